The minimum absolute atomic E-state index is 0.737. The summed E-state index contributed by atoms with van der Waals surface area (Å²) in [5.74, 6) is 1.14. The van der Waals surface area contributed by atoms with E-state index in [2.05, 4.69) is 26.6 Å². The number of unbranched alkanes of at least 4 members (excludes halogenated alkanes) is 1. The Balaban J connectivity index is 2.16. The molecule has 0 heterocycles. The van der Waals surface area contributed by atoms with Gasteiger partial charge in [-0.3, -0.25) is 0 Å². The highest BCUT2D eigenvalue weighted by Gasteiger charge is 2.44. The second kappa shape index (κ2) is 3.30. The molecule has 11 heavy (non-hydrogen) atoms. The van der Waals surface area contributed by atoms with Gasteiger partial charge in [0.2, 0.25) is 0 Å². The Morgan fingerprint density at radius 1 is 1.27 bits per heavy atom. The molecule has 0 radical (unpaired) electrons. The van der Waals surface area contributed by atoms with Crippen molar-refractivity contribution in [2.24, 2.45) is 5.92 Å². The van der Waals surface area contributed by atoms with E-state index in [0.29, 0.717) is 0 Å². The van der Waals surface area contributed by atoms with Crippen LogP contribution >= 0.6 is 0 Å². The lowest BCUT2D eigenvalue weighted by atomic mass is 10.2. The van der Waals surface area contributed by atoms with Gasteiger partial charge in [-0.05, 0) is 17.9 Å². The Hall–Kier alpha value is 0.217. The molecule has 2 atom stereocenters. The highest BCUT2D eigenvalue weighted by Crippen LogP contribution is 2.54. The van der Waals surface area contributed by atoms with E-state index in [9.17, 15) is 0 Å². The monoisotopic (exact) mass is 170 g/mol. The van der Waals surface area contributed by atoms with Crippen molar-refractivity contribution in [1.82, 2.24) is 0 Å². The molecular formula is C10H22Si. The van der Waals surface area contributed by atoms with Crippen LogP contribution < -0.4 is 0 Å². The van der Waals surface area contributed by atoms with Gasteiger partial charge < -0.3 is 0 Å². The first-order valence-corrected chi connectivity index (χ1v) is 8.63. The normalized spacial score (nSPS) is 30.5. The highest BCUT2D eigenvalue weighted by atomic mass is 28.3. The van der Waals surface area contributed by atoms with Crippen LogP contribution in [0.3, 0.4) is 0 Å². The van der Waals surface area contributed by atoms with Gasteiger partial charge in [-0.2, -0.15) is 0 Å². The van der Waals surface area contributed by atoms with E-state index in [-0.39, 0.29) is 0 Å². The maximum atomic E-state index is 2.52. The second-order valence-electron chi connectivity index (χ2n) is 5.11. The average Bonchev–Trinajstić information content (AvgIpc) is 2.60. The lowest BCUT2D eigenvalue weighted by Gasteiger charge is -2.15. The Morgan fingerprint density at radius 3 is 2.27 bits per heavy atom. The molecule has 0 bridgehead atoms. The van der Waals surface area contributed by atoms with E-state index in [1.807, 2.05) is 0 Å². The van der Waals surface area contributed by atoms with Gasteiger partial charge in [0.1, 0.15) is 0 Å². The Kier molecular flexibility index (Phi) is 2.79. The molecule has 0 spiro atoms. The minimum Gasteiger partial charge on any atom is -0.0693 e. The molecule has 1 heteroatoms. The Bertz CT molecular complexity index is 123. The molecule has 0 saturated heterocycles. The van der Waals surface area contributed by atoms with Gasteiger partial charge in [0.15, 0.2) is 0 Å². The van der Waals surface area contributed by atoms with Gasteiger partial charge in [0.05, 0.1) is 0 Å². The van der Waals surface area contributed by atoms with Crippen molar-refractivity contribution in [3.8, 4) is 0 Å². The number of hydrogen-bond donors (Lipinski definition) is 0. The largest absolute Gasteiger partial charge is 0.0693 e. The summed E-state index contributed by atoms with van der Waals surface area (Å²) >= 11 is 0. The van der Waals surface area contributed by atoms with Gasteiger partial charge in [0, 0.05) is 8.07 Å². The smallest absolute Gasteiger partial charge is 0.0476 e. The Labute approximate surface area is 72.4 Å². The van der Waals surface area contributed by atoms with Crippen molar-refractivity contribution >= 4 is 8.07 Å². The summed E-state index contributed by atoms with van der Waals surface area (Å²) < 4.78 is 0. The van der Waals surface area contributed by atoms with Crippen LogP contribution in [0.4, 0.5) is 0 Å². The topological polar surface area (TPSA) is 0 Å². The molecule has 0 aromatic carbocycles. The van der Waals surface area contributed by atoms with Crippen molar-refractivity contribution in [1.29, 1.82) is 0 Å². The summed E-state index contributed by atoms with van der Waals surface area (Å²) in [7, 11) is -0.737. The lowest BCUT2D eigenvalue weighted by molar-refractivity contribution is 0.652. The highest BCUT2D eigenvalue weighted by molar-refractivity contribution is 6.78. The van der Waals surface area contributed by atoms with Gasteiger partial charge in [-0.15, -0.1) is 0 Å². The molecule has 2 unspecified atom stereocenters. The van der Waals surface area contributed by atoms with E-state index >= 15 is 0 Å². The zero-order chi connectivity index (χ0) is 8.48. The van der Waals surface area contributed by atoms with Crippen LogP contribution in [0.2, 0.25) is 25.2 Å². The fourth-order valence-electron chi connectivity index (χ4n) is 2.09. The fourth-order valence-corrected chi connectivity index (χ4v) is 4.68. The van der Waals surface area contributed by atoms with Crippen molar-refractivity contribution in [3.05, 3.63) is 0 Å². The quantitative estimate of drug-likeness (QED) is 0.561. The van der Waals surface area contributed by atoms with E-state index in [1.165, 1.54) is 24.8 Å². The maximum absolute atomic E-state index is 2.52. The fraction of sp³-hybridized carbons (Fsp3) is 1.00. The third kappa shape index (κ3) is 2.62. The summed E-state index contributed by atoms with van der Waals surface area (Å²) in [4.78, 5) is 0. The predicted molar refractivity (Wildman–Crippen MR) is 54.7 cm³/mol. The van der Waals surface area contributed by atoms with Crippen LogP contribution in [0.15, 0.2) is 0 Å². The van der Waals surface area contributed by atoms with Gasteiger partial charge >= 0.3 is 0 Å². The summed E-state index contributed by atoms with van der Waals surface area (Å²) in [6, 6.07) is 0. The first-order chi connectivity index (χ1) is 5.05. The SMILES string of the molecule is CCCCC1CC1[Si](C)(C)C. The van der Waals surface area contributed by atoms with Gasteiger partial charge in [-0.25, -0.2) is 0 Å². The zero-order valence-electron chi connectivity index (χ0n) is 8.48. The third-order valence-electron chi connectivity index (χ3n) is 2.96. The summed E-state index contributed by atoms with van der Waals surface area (Å²) in [6.45, 7) is 9.85. The van der Waals surface area contributed by atoms with Crippen molar-refractivity contribution in [2.45, 2.75) is 57.8 Å². The molecule has 1 aliphatic rings. The van der Waals surface area contributed by atoms with E-state index < -0.39 is 8.07 Å². The molecule has 1 fully saturated rings. The van der Waals surface area contributed by atoms with E-state index in [4.69, 9.17) is 0 Å². The van der Waals surface area contributed by atoms with Crippen molar-refractivity contribution in [2.75, 3.05) is 0 Å². The van der Waals surface area contributed by atoms with Gasteiger partial charge in [-0.1, -0.05) is 45.8 Å². The first kappa shape index (κ1) is 9.31. The number of rotatable bonds is 4. The van der Waals surface area contributed by atoms with Crippen molar-refractivity contribution < 1.29 is 0 Å². The van der Waals surface area contributed by atoms with E-state index in [0.717, 1.165) is 5.92 Å². The van der Waals surface area contributed by atoms with E-state index in [1.54, 1.807) is 6.42 Å². The molecule has 0 amide bonds. The lowest BCUT2D eigenvalue weighted by Crippen LogP contribution is -2.20. The molecule has 1 aliphatic carbocycles. The van der Waals surface area contributed by atoms with Crippen LogP contribution in [0.25, 0.3) is 0 Å². The van der Waals surface area contributed by atoms with Gasteiger partial charge in [0.25, 0.3) is 0 Å². The summed E-state index contributed by atoms with van der Waals surface area (Å²) in [5, 5.41) is 0. The second-order valence-corrected chi connectivity index (χ2v) is 10.6. The maximum Gasteiger partial charge on any atom is 0.0476 e. The first-order valence-electron chi connectivity index (χ1n) is 5.05. The molecule has 0 aliphatic heterocycles. The van der Waals surface area contributed by atoms with Crippen LogP contribution in [0, 0.1) is 5.92 Å². The third-order valence-corrected chi connectivity index (χ3v) is 5.90. The Morgan fingerprint density at radius 2 is 1.91 bits per heavy atom. The average molecular weight is 170 g/mol. The standard InChI is InChI=1S/C10H22Si/c1-5-6-7-9-8-10(9)11(2,3)4/h9-10H,5-8H2,1-4H3. The van der Waals surface area contributed by atoms with Crippen LogP contribution in [0.1, 0.15) is 32.6 Å². The molecule has 0 nitrogen and oxygen atoms in total. The summed E-state index contributed by atoms with van der Waals surface area (Å²) in [6.07, 6.45) is 5.93. The molecule has 0 aromatic rings. The molecule has 0 N–H and O–H groups in total. The molecule has 1 rings (SSSR count). The van der Waals surface area contributed by atoms with Crippen molar-refractivity contribution in [3.63, 3.8) is 0 Å². The molecule has 66 valence electrons. The number of hydrogen-bond acceptors (Lipinski definition) is 0. The van der Waals surface area contributed by atoms with Crippen LogP contribution in [-0.4, -0.2) is 8.07 Å². The minimum atomic E-state index is -0.737. The molecular weight excluding hydrogens is 148 g/mol. The van der Waals surface area contributed by atoms with Crippen LogP contribution in [0.5, 0.6) is 0 Å². The molecule has 1 saturated carbocycles. The zero-order valence-corrected chi connectivity index (χ0v) is 9.48. The summed E-state index contributed by atoms with van der Waals surface area (Å²) in [5.41, 5.74) is 1.18. The molecule has 0 aromatic heterocycles. The predicted octanol–water partition coefficient (Wildman–Crippen LogP) is 3.90. The van der Waals surface area contributed by atoms with Crippen LogP contribution in [-0.2, 0) is 0 Å².